The first-order chi connectivity index (χ1) is 7.41. The SMILES string of the molecule is CCNC(=O)c1c(F)c(F)c(O)c(F)c1F. The van der Waals surface area contributed by atoms with Gasteiger partial charge in [-0.15, -0.1) is 0 Å². The third-order valence-corrected chi connectivity index (χ3v) is 1.80. The van der Waals surface area contributed by atoms with Crippen LogP contribution >= 0.6 is 0 Å². The van der Waals surface area contributed by atoms with Gasteiger partial charge in [-0.2, -0.15) is 8.78 Å². The maximum Gasteiger partial charge on any atom is 0.257 e. The van der Waals surface area contributed by atoms with Gasteiger partial charge in [0.25, 0.3) is 5.91 Å². The lowest BCUT2D eigenvalue weighted by atomic mass is 10.1. The maximum atomic E-state index is 13.1. The highest BCUT2D eigenvalue weighted by Gasteiger charge is 2.28. The monoisotopic (exact) mass is 237 g/mol. The minimum Gasteiger partial charge on any atom is -0.503 e. The summed E-state index contributed by atoms with van der Waals surface area (Å²) in [6.45, 7) is 1.49. The van der Waals surface area contributed by atoms with Gasteiger partial charge >= 0.3 is 0 Å². The molecule has 7 heteroatoms. The van der Waals surface area contributed by atoms with E-state index in [2.05, 4.69) is 0 Å². The van der Waals surface area contributed by atoms with Crippen molar-refractivity contribution in [3.05, 3.63) is 28.8 Å². The van der Waals surface area contributed by atoms with Crippen LogP contribution in [-0.4, -0.2) is 17.6 Å². The molecule has 0 spiro atoms. The molecule has 0 saturated carbocycles. The highest BCUT2D eigenvalue weighted by Crippen LogP contribution is 2.28. The van der Waals surface area contributed by atoms with Gasteiger partial charge in [-0.25, -0.2) is 8.78 Å². The molecular formula is C9H7F4NO2. The van der Waals surface area contributed by atoms with Gasteiger partial charge in [-0.05, 0) is 6.92 Å². The van der Waals surface area contributed by atoms with Gasteiger partial charge in [-0.3, -0.25) is 4.79 Å². The number of rotatable bonds is 2. The second-order valence-electron chi connectivity index (χ2n) is 2.84. The standard InChI is InChI=1S/C9H7F4NO2/c1-2-14-9(16)3-4(10)6(12)8(15)7(13)5(3)11/h15H,2H2,1H3,(H,14,16). The van der Waals surface area contributed by atoms with Crippen molar-refractivity contribution in [2.24, 2.45) is 0 Å². The molecular weight excluding hydrogens is 230 g/mol. The van der Waals surface area contributed by atoms with Crippen LogP contribution in [0.2, 0.25) is 0 Å². The lowest BCUT2D eigenvalue weighted by molar-refractivity contribution is 0.0944. The van der Waals surface area contributed by atoms with E-state index in [4.69, 9.17) is 5.11 Å². The quantitative estimate of drug-likeness (QED) is 0.607. The molecule has 1 aromatic rings. The maximum absolute atomic E-state index is 13.1. The van der Waals surface area contributed by atoms with E-state index in [9.17, 15) is 22.4 Å². The van der Waals surface area contributed by atoms with Crippen molar-refractivity contribution in [2.45, 2.75) is 6.92 Å². The topological polar surface area (TPSA) is 49.3 Å². The Balaban J connectivity index is 3.45. The van der Waals surface area contributed by atoms with Crippen molar-refractivity contribution in [3.63, 3.8) is 0 Å². The van der Waals surface area contributed by atoms with Crippen LogP contribution < -0.4 is 5.32 Å². The lowest BCUT2D eigenvalue weighted by Gasteiger charge is -2.08. The highest BCUT2D eigenvalue weighted by atomic mass is 19.2. The second kappa shape index (κ2) is 4.38. The largest absolute Gasteiger partial charge is 0.503 e. The van der Waals surface area contributed by atoms with Crippen LogP contribution in [0, 0.1) is 23.3 Å². The van der Waals surface area contributed by atoms with Crippen LogP contribution in [0.15, 0.2) is 0 Å². The van der Waals surface area contributed by atoms with Crippen molar-refractivity contribution in [2.75, 3.05) is 6.54 Å². The molecule has 88 valence electrons. The number of phenols is 1. The Morgan fingerprint density at radius 2 is 1.56 bits per heavy atom. The Bertz CT molecular complexity index is 419. The van der Waals surface area contributed by atoms with Crippen LogP contribution in [-0.2, 0) is 0 Å². The first-order valence-corrected chi connectivity index (χ1v) is 4.24. The van der Waals surface area contributed by atoms with Gasteiger partial charge in [0.1, 0.15) is 5.56 Å². The molecule has 0 aromatic heterocycles. The van der Waals surface area contributed by atoms with E-state index in [0.717, 1.165) is 0 Å². The van der Waals surface area contributed by atoms with Gasteiger partial charge in [0.2, 0.25) is 11.6 Å². The fraction of sp³-hybridized carbons (Fsp3) is 0.222. The van der Waals surface area contributed by atoms with E-state index in [1.165, 1.54) is 6.92 Å². The minimum atomic E-state index is -2.00. The number of amides is 1. The number of hydrogen-bond donors (Lipinski definition) is 2. The van der Waals surface area contributed by atoms with E-state index in [-0.39, 0.29) is 6.54 Å². The molecule has 0 heterocycles. The highest BCUT2D eigenvalue weighted by molar-refractivity contribution is 5.95. The molecule has 3 nitrogen and oxygen atoms in total. The average molecular weight is 237 g/mol. The molecule has 16 heavy (non-hydrogen) atoms. The van der Waals surface area contributed by atoms with Crippen LogP contribution in [0.3, 0.4) is 0 Å². The van der Waals surface area contributed by atoms with Crippen molar-refractivity contribution >= 4 is 5.91 Å². The molecule has 0 unspecified atom stereocenters. The summed E-state index contributed by atoms with van der Waals surface area (Å²) in [7, 11) is 0. The molecule has 1 rings (SSSR count). The zero-order chi connectivity index (χ0) is 12.5. The van der Waals surface area contributed by atoms with Gasteiger partial charge in [-0.1, -0.05) is 0 Å². The van der Waals surface area contributed by atoms with E-state index < -0.39 is 40.5 Å². The van der Waals surface area contributed by atoms with Crippen LogP contribution in [0.25, 0.3) is 0 Å². The number of nitrogens with one attached hydrogen (secondary N) is 1. The normalized spacial score (nSPS) is 10.3. The van der Waals surface area contributed by atoms with Crippen molar-refractivity contribution in [1.29, 1.82) is 0 Å². The summed E-state index contributed by atoms with van der Waals surface area (Å²) in [5, 5.41) is 10.6. The van der Waals surface area contributed by atoms with Crippen LogP contribution in [0.5, 0.6) is 5.75 Å². The predicted molar refractivity (Wildman–Crippen MR) is 45.9 cm³/mol. The number of hydrogen-bond acceptors (Lipinski definition) is 2. The van der Waals surface area contributed by atoms with Gasteiger partial charge in [0.05, 0.1) is 0 Å². The molecule has 0 bridgehead atoms. The van der Waals surface area contributed by atoms with Gasteiger partial charge in [0, 0.05) is 6.54 Å². The zero-order valence-corrected chi connectivity index (χ0v) is 8.07. The minimum absolute atomic E-state index is 0.0296. The first kappa shape index (κ1) is 12.3. The zero-order valence-electron chi connectivity index (χ0n) is 8.07. The van der Waals surface area contributed by atoms with Crippen LogP contribution in [0.1, 0.15) is 17.3 Å². The number of phenolic OH excluding ortho intramolecular Hbond substituents is 1. The Morgan fingerprint density at radius 3 is 1.94 bits per heavy atom. The Hall–Kier alpha value is -1.79. The molecule has 0 radical (unpaired) electrons. The number of halogens is 4. The molecule has 0 aliphatic carbocycles. The molecule has 1 aromatic carbocycles. The summed E-state index contributed by atoms with van der Waals surface area (Å²) in [5.74, 6) is -10.9. The Kier molecular flexibility index (Phi) is 3.36. The summed E-state index contributed by atoms with van der Waals surface area (Å²) >= 11 is 0. The molecule has 0 aliphatic rings. The fourth-order valence-corrected chi connectivity index (χ4v) is 1.07. The average Bonchev–Trinajstić information content (AvgIpc) is 2.24. The third-order valence-electron chi connectivity index (χ3n) is 1.80. The van der Waals surface area contributed by atoms with Crippen LogP contribution in [0.4, 0.5) is 17.6 Å². The predicted octanol–water partition coefficient (Wildman–Crippen LogP) is 1.70. The number of aromatic hydroxyl groups is 1. The van der Waals surface area contributed by atoms with E-state index >= 15 is 0 Å². The van der Waals surface area contributed by atoms with Crippen molar-refractivity contribution < 1.29 is 27.5 Å². The molecule has 0 fully saturated rings. The summed E-state index contributed by atoms with van der Waals surface area (Å²) < 4.78 is 51.8. The lowest BCUT2D eigenvalue weighted by Crippen LogP contribution is -2.26. The molecule has 0 saturated heterocycles. The molecule has 0 aliphatic heterocycles. The number of benzene rings is 1. The second-order valence-corrected chi connectivity index (χ2v) is 2.84. The molecule has 2 N–H and O–H groups in total. The van der Waals surface area contributed by atoms with E-state index in [1.807, 2.05) is 5.32 Å². The summed E-state index contributed by atoms with van der Waals surface area (Å²) in [6.07, 6.45) is 0. The number of carbonyl (C=O) groups is 1. The first-order valence-electron chi connectivity index (χ1n) is 4.24. The Morgan fingerprint density at radius 1 is 1.12 bits per heavy atom. The molecule has 1 amide bonds. The van der Waals surface area contributed by atoms with Gasteiger partial charge in [0.15, 0.2) is 17.4 Å². The summed E-state index contributed by atoms with van der Waals surface area (Å²) in [4.78, 5) is 11.1. The van der Waals surface area contributed by atoms with Crippen molar-refractivity contribution in [1.82, 2.24) is 5.32 Å². The fourth-order valence-electron chi connectivity index (χ4n) is 1.07. The molecule has 0 atom stereocenters. The summed E-state index contributed by atoms with van der Waals surface area (Å²) in [6, 6.07) is 0. The Labute approximate surface area is 87.7 Å². The third kappa shape index (κ3) is 1.80. The van der Waals surface area contributed by atoms with E-state index in [0.29, 0.717) is 0 Å². The van der Waals surface area contributed by atoms with E-state index in [1.54, 1.807) is 0 Å². The van der Waals surface area contributed by atoms with Gasteiger partial charge < -0.3 is 10.4 Å². The number of carbonyl (C=O) groups excluding carboxylic acids is 1. The smallest absolute Gasteiger partial charge is 0.257 e. The summed E-state index contributed by atoms with van der Waals surface area (Å²) in [5.41, 5.74) is -1.39. The van der Waals surface area contributed by atoms with Crippen molar-refractivity contribution in [3.8, 4) is 5.75 Å².